The topological polar surface area (TPSA) is 79.0 Å². The molecule has 138 valence electrons. The van der Waals surface area contributed by atoms with E-state index in [1.54, 1.807) is 17.0 Å². The Labute approximate surface area is 152 Å². The second-order valence-electron chi connectivity index (χ2n) is 7.17. The number of fused-ring (bicyclic) bond motifs is 1. The van der Waals surface area contributed by atoms with E-state index in [4.69, 9.17) is 4.74 Å². The third kappa shape index (κ3) is 3.52. The summed E-state index contributed by atoms with van der Waals surface area (Å²) in [5.74, 6) is 0.435. The quantitative estimate of drug-likeness (QED) is 0.869. The van der Waals surface area contributed by atoms with Crippen LogP contribution in [-0.4, -0.2) is 54.9 Å². The van der Waals surface area contributed by atoms with E-state index in [2.05, 4.69) is 5.32 Å². The summed E-state index contributed by atoms with van der Waals surface area (Å²) in [5, 5.41) is 3.04. The van der Waals surface area contributed by atoms with Crippen LogP contribution in [0.15, 0.2) is 24.3 Å². The molecule has 2 aliphatic heterocycles. The number of carbonyl (C=O) groups is 3. The Morgan fingerprint density at radius 1 is 1.12 bits per heavy atom. The van der Waals surface area contributed by atoms with Crippen LogP contribution in [0, 0.1) is 5.92 Å². The van der Waals surface area contributed by atoms with Crippen LogP contribution in [0.3, 0.4) is 0 Å². The van der Waals surface area contributed by atoms with Crippen molar-refractivity contribution in [3.8, 4) is 5.75 Å². The van der Waals surface area contributed by atoms with Crippen LogP contribution in [0.2, 0.25) is 0 Å². The largest absolute Gasteiger partial charge is 0.482 e. The number of hydrogen-bond donors (Lipinski definition) is 1. The van der Waals surface area contributed by atoms with Gasteiger partial charge in [-0.2, -0.15) is 0 Å². The Morgan fingerprint density at radius 3 is 2.58 bits per heavy atom. The van der Waals surface area contributed by atoms with E-state index in [0.29, 0.717) is 43.4 Å². The molecule has 0 radical (unpaired) electrons. The van der Waals surface area contributed by atoms with Gasteiger partial charge in [0.25, 0.3) is 5.91 Å². The highest BCUT2D eigenvalue weighted by molar-refractivity contribution is 6.02. The molecule has 1 saturated heterocycles. The van der Waals surface area contributed by atoms with Gasteiger partial charge in [0, 0.05) is 25.0 Å². The Morgan fingerprint density at radius 2 is 1.85 bits per heavy atom. The van der Waals surface area contributed by atoms with E-state index in [1.807, 2.05) is 12.1 Å². The molecule has 7 nitrogen and oxygen atoms in total. The fourth-order valence-corrected chi connectivity index (χ4v) is 3.50. The van der Waals surface area contributed by atoms with Crippen LogP contribution < -0.4 is 15.0 Å². The summed E-state index contributed by atoms with van der Waals surface area (Å²) >= 11 is 0. The van der Waals surface area contributed by atoms with Crippen molar-refractivity contribution >= 4 is 23.4 Å². The number of nitrogens with one attached hydrogen (secondary N) is 1. The summed E-state index contributed by atoms with van der Waals surface area (Å²) in [7, 11) is 0. The molecule has 1 N–H and O–H groups in total. The maximum atomic E-state index is 12.7. The van der Waals surface area contributed by atoms with Crippen molar-refractivity contribution in [1.82, 2.24) is 10.2 Å². The van der Waals surface area contributed by atoms with Crippen LogP contribution in [0.25, 0.3) is 0 Å². The normalized spacial score (nSPS) is 20.4. The Hall–Kier alpha value is -2.57. The van der Waals surface area contributed by atoms with E-state index >= 15 is 0 Å². The van der Waals surface area contributed by atoms with Crippen molar-refractivity contribution in [2.45, 2.75) is 31.7 Å². The molecule has 2 heterocycles. The second-order valence-corrected chi connectivity index (χ2v) is 7.17. The molecule has 0 unspecified atom stereocenters. The van der Waals surface area contributed by atoms with E-state index in [-0.39, 0.29) is 36.8 Å². The first-order chi connectivity index (χ1) is 12.6. The lowest BCUT2D eigenvalue weighted by Crippen LogP contribution is -2.49. The fraction of sp³-hybridized carbons (Fsp3) is 0.526. The summed E-state index contributed by atoms with van der Waals surface area (Å²) in [4.78, 5) is 40.3. The lowest BCUT2D eigenvalue weighted by Gasteiger charge is -2.34. The standard InChI is InChI=1S/C19H23N3O4/c23-17(11-22-15-3-1-2-4-16(15)26-12-18(22)24)21-9-7-13(8-10-21)19(25)20-14-5-6-14/h1-4,13-14H,5-12H2,(H,20,25). The van der Waals surface area contributed by atoms with E-state index in [9.17, 15) is 14.4 Å². The van der Waals surface area contributed by atoms with Gasteiger partial charge in [-0.3, -0.25) is 19.3 Å². The molecule has 1 aliphatic carbocycles. The van der Waals surface area contributed by atoms with Crippen molar-refractivity contribution in [2.24, 2.45) is 5.92 Å². The predicted octanol–water partition coefficient (Wildman–Crippen LogP) is 0.929. The van der Waals surface area contributed by atoms with Crippen molar-refractivity contribution in [3.05, 3.63) is 24.3 Å². The van der Waals surface area contributed by atoms with Gasteiger partial charge in [0.15, 0.2) is 6.61 Å². The van der Waals surface area contributed by atoms with Crippen LogP contribution in [0.5, 0.6) is 5.75 Å². The van der Waals surface area contributed by atoms with Gasteiger partial charge in [-0.25, -0.2) is 0 Å². The minimum atomic E-state index is -0.212. The van der Waals surface area contributed by atoms with Crippen molar-refractivity contribution in [2.75, 3.05) is 31.1 Å². The Bertz CT molecular complexity index is 723. The highest BCUT2D eigenvalue weighted by Crippen LogP contribution is 2.31. The van der Waals surface area contributed by atoms with Crippen molar-refractivity contribution in [1.29, 1.82) is 0 Å². The molecule has 1 aromatic rings. The number of likely N-dealkylation sites (tertiary alicyclic amines) is 1. The molecule has 3 amide bonds. The smallest absolute Gasteiger partial charge is 0.265 e. The monoisotopic (exact) mass is 357 g/mol. The van der Waals surface area contributed by atoms with Gasteiger partial charge in [-0.1, -0.05) is 12.1 Å². The number of piperidine rings is 1. The Kier molecular flexibility index (Phi) is 4.53. The number of hydrogen-bond acceptors (Lipinski definition) is 4. The zero-order valence-electron chi connectivity index (χ0n) is 14.6. The van der Waals surface area contributed by atoms with E-state index in [0.717, 1.165) is 12.8 Å². The number of carbonyl (C=O) groups excluding carboxylic acids is 3. The first-order valence-corrected chi connectivity index (χ1v) is 9.22. The number of amides is 3. The molecule has 0 spiro atoms. The fourth-order valence-electron chi connectivity index (χ4n) is 3.50. The summed E-state index contributed by atoms with van der Waals surface area (Å²) < 4.78 is 5.41. The van der Waals surface area contributed by atoms with Gasteiger partial charge in [-0.15, -0.1) is 0 Å². The predicted molar refractivity (Wildman–Crippen MR) is 94.8 cm³/mol. The minimum absolute atomic E-state index is 0.00889. The zero-order valence-corrected chi connectivity index (χ0v) is 14.6. The van der Waals surface area contributed by atoms with Gasteiger partial charge >= 0.3 is 0 Å². The number of nitrogens with zero attached hydrogens (tertiary/aromatic N) is 2. The average molecular weight is 357 g/mol. The van der Waals surface area contributed by atoms with Gasteiger partial charge in [0.1, 0.15) is 12.3 Å². The third-order valence-electron chi connectivity index (χ3n) is 5.24. The molecule has 3 aliphatic rings. The lowest BCUT2D eigenvalue weighted by molar-refractivity contribution is -0.135. The van der Waals surface area contributed by atoms with Crippen LogP contribution in [-0.2, 0) is 14.4 Å². The molecule has 1 saturated carbocycles. The molecule has 0 bridgehead atoms. The molecule has 2 fully saturated rings. The Balaban J connectivity index is 1.34. The van der Waals surface area contributed by atoms with E-state index < -0.39 is 0 Å². The van der Waals surface area contributed by atoms with Crippen LogP contribution in [0.4, 0.5) is 5.69 Å². The molecular weight excluding hydrogens is 334 g/mol. The van der Waals surface area contributed by atoms with Gasteiger partial charge in [0.2, 0.25) is 11.8 Å². The lowest BCUT2D eigenvalue weighted by atomic mass is 9.96. The first-order valence-electron chi connectivity index (χ1n) is 9.22. The highest BCUT2D eigenvalue weighted by Gasteiger charge is 2.33. The van der Waals surface area contributed by atoms with Crippen molar-refractivity contribution < 1.29 is 19.1 Å². The average Bonchev–Trinajstić information content (AvgIpc) is 3.48. The molecule has 0 atom stereocenters. The number of benzene rings is 1. The summed E-state index contributed by atoms with van der Waals surface area (Å²) in [6.07, 6.45) is 3.52. The van der Waals surface area contributed by atoms with E-state index in [1.165, 1.54) is 4.90 Å². The summed E-state index contributed by atoms with van der Waals surface area (Å²) in [6.45, 7) is 1.08. The first kappa shape index (κ1) is 16.9. The maximum Gasteiger partial charge on any atom is 0.265 e. The maximum absolute atomic E-state index is 12.7. The van der Waals surface area contributed by atoms with Crippen molar-refractivity contribution in [3.63, 3.8) is 0 Å². The molecule has 26 heavy (non-hydrogen) atoms. The second kappa shape index (κ2) is 6.97. The summed E-state index contributed by atoms with van der Waals surface area (Å²) in [6, 6.07) is 7.61. The third-order valence-corrected chi connectivity index (χ3v) is 5.24. The zero-order chi connectivity index (χ0) is 18.1. The number of rotatable bonds is 4. The van der Waals surface area contributed by atoms with Crippen LogP contribution in [0.1, 0.15) is 25.7 Å². The van der Waals surface area contributed by atoms with Gasteiger partial charge < -0.3 is 15.0 Å². The van der Waals surface area contributed by atoms with Gasteiger partial charge in [0.05, 0.1) is 5.69 Å². The molecule has 4 rings (SSSR count). The van der Waals surface area contributed by atoms with Gasteiger partial charge in [-0.05, 0) is 37.8 Å². The SMILES string of the molecule is O=C(NC1CC1)C1CCN(C(=O)CN2C(=O)COc3ccccc32)CC1. The molecule has 7 heteroatoms. The highest BCUT2D eigenvalue weighted by atomic mass is 16.5. The molecular formula is C19H23N3O4. The number of para-hydroxylation sites is 2. The molecule has 1 aromatic carbocycles. The summed E-state index contributed by atoms with van der Waals surface area (Å²) in [5.41, 5.74) is 0.635. The molecule has 0 aromatic heterocycles. The van der Waals surface area contributed by atoms with Crippen LogP contribution >= 0.6 is 0 Å². The number of ether oxygens (including phenoxy) is 1. The number of anilines is 1. The minimum Gasteiger partial charge on any atom is -0.482 e.